The molecule has 0 N–H and O–H groups in total. The van der Waals surface area contributed by atoms with Gasteiger partial charge in [0, 0.05) is 0 Å². The standard InChI is InChI=1S/C11H16/c1-9-5-4-6-10(2)11(3)8-7-9/h5-8,11H,4H2,1-3H3. The summed E-state index contributed by atoms with van der Waals surface area (Å²) >= 11 is 0. The average Bonchev–Trinajstić information content (AvgIpc) is 1.98. The lowest BCUT2D eigenvalue weighted by Crippen LogP contribution is -1.92. The molecule has 0 aromatic carbocycles. The zero-order valence-electron chi connectivity index (χ0n) is 7.59. The maximum Gasteiger partial charge on any atom is -0.00511 e. The predicted molar refractivity (Wildman–Crippen MR) is 50.4 cm³/mol. The lowest BCUT2D eigenvalue weighted by atomic mass is 9.98. The normalized spacial score (nSPS) is 25.2. The van der Waals surface area contributed by atoms with Crippen LogP contribution in [0.4, 0.5) is 0 Å². The van der Waals surface area contributed by atoms with Gasteiger partial charge in [-0.1, -0.05) is 42.4 Å². The van der Waals surface area contributed by atoms with Crippen molar-refractivity contribution < 1.29 is 0 Å². The molecule has 0 aromatic rings. The van der Waals surface area contributed by atoms with Gasteiger partial charge in [0.1, 0.15) is 0 Å². The Kier molecular flexibility index (Phi) is 2.70. The molecule has 0 saturated heterocycles. The number of allylic oxidation sites excluding steroid dienone is 6. The molecular weight excluding hydrogens is 132 g/mol. The van der Waals surface area contributed by atoms with Crippen LogP contribution in [0.3, 0.4) is 0 Å². The molecule has 0 amide bonds. The van der Waals surface area contributed by atoms with E-state index in [4.69, 9.17) is 0 Å². The maximum atomic E-state index is 2.30. The molecule has 0 aromatic heterocycles. The van der Waals surface area contributed by atoms with Crippen molar-refractivity contribution in [2.45, 2.75) is 27.2 Å². The van der Waals surface area contributed by atoms with Gasteiger partial charge in [0.2, 0.25) is 0 Å². The van der Waals surface area contributed by atoms with Crippen molar-refractivity contribution in [2.24, 2.45) is 5.92 Å². The Morgan fingerprint density at radius 3 is 2.73 bits per heavy atom. The van der Waals surface area contributed by atoms with Gasteiger partial charge >= 0.3 is 0 Å². The van der Waals surface area contributed by atoms with E-state index in [-0.39, 0.29) is 0 Å². The smallest absolute Gasteiger partial charge is 0.00511 e. The summed E-state index contributed by atoms with van der Waals surface area (Å²) in [7, 11) is 0. The molecule has 0 saturated carbocycles. The molecule has 1 unspecified atom stereocenters. The molecule has 1 atom stereocenters. The van der Waals surface area contributed by atoms with Crippen LogP contribution in [-0.2, 0) is 0 Å². The molecule has 1 rings (SSSR count). The van der Waals surface area contributed by atoms with E-state index in [0.717, 1.165) is 6.42 Å². The Bertz CT molecular complexity index is 216. The molecule has 0 radical (unpaired) electrons. The van der Waals surface area contributed by atoms with E-state index in [0.29, 0.717) is 5.92 Å². The molecule has 1 aliphatic rings. The SMILES string of the molecule is CC1=CCC=C(C)C(C)C=C1. The third-order valence-corrected chi connectivity index (χ3v) is 2.25. The molecular formula is C11H16. The fourth-order valence-electron chi connectivity index (χ4n) is 1.13. The Morgan fingerprint density at radius 1 is 1.27 bits per heavy atom. The van der Waals surface area contributed by atoms with Crippen molar-refractivity contribution in [1.29, 1.82) is 0 Å². The molecule has 0 heterocycles. The zero-order valence-corrected chi connectivity index (χ0v) is 7.59. The van der Waals surface area contributed by atoms with E-state index >= 15 is 0 Å². The second kappa shape index (κ2) is 3.56. The third-order valence-electron chi connectivity index (χ3n) is 2.25. The van der Waals surface area contributed by atoms with Crippen molar-refractivity contribution in [3.63, 3.8) is 0 Å². The number of rotatable bonds is 0. The summed E-state index contributed by atoms with van der Waals surface area (Å²) in [5.74, 6) is 0.610. The van der Waals surface area contributed by atoms with Gasteiger partial charge in [0.15, 0.2) is 0 Å². The molecule has 0 aliphatic heterocycles. The largest absolute Gasteiger partial charge is 0.0812 e. The minimum Gasteiger partial charge on any atom is -0.0812 e. The highest BCUT2D eigenvalue weighted by atomic mass is 14.1. The Morgan fingerprint density at radius 2 is 2.00 bits per heavy atom. The minimum absolute atomic E-state index is 0.610. The fraction of sp³-hybridized carbons (Fsp3) is 0.455. The van der Waals surface area contributed by atoms with E-state index in [9.17, 15) is 0 Å². The van der Waals surface area contributed by atoms with Crippen LogP contribution >= 0.6 is 0 Å². The second-order valence-electron chi connectivity index (χ2n) is 3.28. The molecule has 0 spiro atoms. The summed E-state index contributed by atoms with van der Waals surface area (Å²) in [6, 6.07) is 0. The first-order valence-electron chi connectivity index (χ1n) is 4.22. The van der Waals surface area contributed by atoms with Crippen LogP contribution in [0.25, 0.3) is 0 Å². The molecule has 60 valence electrons. The summed E-state index contributed by atoms with van der Waals surface area (Å²) < 4.78 is 0. The molecule has 0 fully saturated rings. The number of hydrogen-bond donors (Lipinski definition) is 0. The van der Waals surface area contributed by atoms with Crippen LogP contribution in [0.15, 0.2) is 35.5 Å². The lowest BCUT2D eigenvalue weighted by Gasteiger charge is -2.08. The molecule has 0 nitrogen and oxygen atoms in total. The third kappa shape index (κ3) is 2.38. The second-order valence-corrected chi connectivity index (χ2v) is 3.28. The maximum absolute atomic E-state index is 2.30. The van der Waals surface area contributed by atoms with Crippen LogP contribution in [-0.4, -0.2) is 0 Å². The van der Waals surface area contributed by atoms with Crippen molar-refractivity contribution in [3.8, 4) is 0 Å². The first-order valence-corrected chi connectivity index (χ1v) is 4.22. The first-order chi connectivity index (χ1) is 5.20. The van der Waals surface area contributed by atoms with E-state index in [1.54, 1.807) is 0 Å². The van der Waals surface area contributed by atoms with E-state index in [2.05, 4.69) is 45.1 Å². The monoisotopic (exact) mass is 148 g/mol. The lowest BCUT2D eigenvalue weighted by molar-refractivity contribution is 0.851. The van der Waals surface area contributed by atoms with Gasteiger partial charge in [-0.25, -0.2) is 0 Å². The van der Waals surface area contributed by atoms with Gasteiger partial charge in [-0.2, -0.15) is 0 Å². The number of hydrogen-bond acceptors (Lipinski definition) is 0. The first kappa shape index (κ1) is 8.32. The van der Waals surface area contributed by atoms with Crippen molar-refractivity contribution >= 4 is 0 Å². The zero-order chi connectivity index (χ0) is 8.27. The highest BCUT2D eigenvalue weighted by Gasteiger charge is 1.99. The fourth-order valence-corrected chi connectivity index (χ4v) is 1.13. The molecule has 0 bridgehead atoms. The van der Waals surface area contributed by atoms with E-state index < -0.39 is 0 Å². The minimum atomic E-state index is 0.610. The summed E-state index contributed by atoms with van der Waals surface area (Å²) in [6.45, 7) is 6.59. The van der Waals surface area contributed by atoms with Crippen LogP contribution in [0, 0.1) is 5.92 Å². The van der Waals surface area contributed by atoms with Crippen molar-refractivity contribution in [1.82, 2.24) is 0 Å². The van der Waals surface area contributed by atoms with E-state index in [1.165, 1.54) is 11.1 Å². The van der Waals surface area contributed by atoms with Crippen LogP contribution in [0.5, 0.6) is 0 Å². The van der Waals surface area contributed by atoms with Crippen LogP contribution in [0.2, 0.25) is 0 Å². The van der Waals surface area contributed by atoms with Gasteiger partial charge in [-0.3, -0.25) is 0 Å². The predicted octanol–water partition coefficient (Wildman–Crippen LogP) is 3.48. The van der Waals surface area contributed by atoms with E-state index in [1.807, 2.05) is 0 Å². The Balaban J connectivity index is 2.82. The van der Waals surface area contributed by atoms with Gasteiger partial charge in [-0.05, 0) is 26.2 Å². The highest BCUT2D eigenvalue weighted by Crippen LogP contribution is 2.16. The van der Waals surface area contributed by atoms with Gasteiger partial charge in [0.05, 0.1) is 0 Å². The quantitative estimate of drug-likeness (QED) is 0.461. The highest BCUT2D eigenvalue weighted by molar-refractivity contribution is 5.24. The molecule has 11 heavy (non-hydrogen) atoms. The van der Waals surface area contributed by atoms with Gasteiger partial charge in [-0.15, -0.1) is 0 Å². The van der Waals surface area contributed by atoms with Crippen LogP contribution < -0.4 is 0 Å². The van der Waals surface area contributed by atoms with Crippen LogP contribution in [0.1, 0.15) is 27.2 Å². The summed E-state index contributed by atoms with van der Waals surface area (Å²) in [4.78, 5) is 0. The Labute approximate surface area is 69.3 Å². The topological polar surface area (TPSA) is 0 Å². The van der Waals surface area contributed by atoms with Crippen molar-refractivity contribution in [3.05, 3.63) is 35.5 Å². The summed E-state index contributed by atoms with van der Waals surface area (Å²) in [6.07, 6.45) is 10.1. The van der Waals surface area contributed by atoms with Gasteiger partial charge < -0.3 is 0 Å². The average molecular weight is 148 g/mol. The molecule has 0 heteroatoms. The summed E-state index contributed by atoms with van der Waals surface area (Å²) in [5.41, 5.74) is 2.85. The Hall–Kier alpha value is -0.780. The summed E-state index contributed by atoms with van der Waals surface area (Å²) in [5, 5.41) is 0. The molecule has 1 aliphatic carbocycles. The van der Waals surface area contributed by atoms with Gasteiger partial charge in [0.25, 0.3) is 0 Å². The van der Waals surface area contributed by atoms with Crippen molar-refractivity contribution in [2.75, 3.05) is 0 Å².